The molecule has 0 bridgehead atoms. The van der Waals surface area contributed by atoms with Crippen LogP contribution in [-0.4, -0.2) is 29.7 Å². The van der Waals surface area contributed by atoms with E-state index in [1.165, 1.54) is 18.8 Å². The molecule has 1 aromatic heterocycles. The molecule has 0 saturated heterocycles. The topological polar surface area (TPSA) is 82.5 Å². The Hall–Kier alpha value is -4.13. The van der Waals surface area contributed by atoms with Gasteiger partial charge in [0.05, 0.1) is 36.4 Å². The zero-order chi connectivity index (χ0) is 22.0. The van der Waals surface area contributed by atoms with Gasteiger partial charge in [0.15, 0.2) is 11.5 Å². The van der Waals surface area contributed by atoms with Gasteiger partial charge in [0.2, 0.25) is 0 Å². The maximum atomic E-state index is 13.1. The zero-order valence-electron chi connectivity index (χ0n) is 17.4. The average Bonchev–Trinajstić information content (AvgIpc) is 2.78. The Morgan fingerprint density at radius 3 is 2.52 bits per heavy atom. The molecule has 7 nitrogen and oxygen atoms in total. The maximum Gasteiger partial charge on any atom is 0.265 e. The van der Waals surface area contributed by atoms with Crippen LogP contribution in [0.25, 0.3) is 16.6 Å². The normalized spacial score (nSPS) is 10.7. The summed E-state index contributed by atoms with van der Waals surface area (Å²) in [6.07, 6.45) is 0. The molecule has 0 atom stereocenters. The fourth-order valence-corrected chi connectivity index (χ4v) is 3.53. The van der Waals surface area contributed by atoms with Crippen molar-refractivity contribution >= 4 is 22.5 Å². The van der Waals surface area contributed by atoms with Crippen LogP contribution in [0.15, 0.2) is 71.5 Å². The average molecular weight is 415 g/mol. The van der Waals surface area contributed by atoms with E-state index in [2.05, 4.69) is 10.3 Å². The summed E-state index contributed by atoms with van der Waals surface area (Å²) >= 11 is 0. The van der Waals surface area contributed by atoms with Crippen LogP contribution in [0.5, 0.6) is 11.5 Å². The zero-order valence-corrected chi connectivity index (χ0v) is 17.4. The second-order valence-corrected chi connectivity index (χ2v) is 6.86. The predicted octanol–water partition coefficient (Wildman–Crippen LogP) is 3.96. The number of nitrogens with one attached hydrogen (secondary N) is 1. The monoisotopic (exact) mass is 415 g/mol. The molecule has 3 aromatic carbocycles. The highest BCUT2D eigenvalue weighted by atomic mass is 16.5. The van der Waals surface area contributed by atoms with Crippen molar-refractivity contribution in [1.82, 2.24) is 9.55 Å². The Morgan fingerprint density at radius 1 is 0.968 bits per heavy atom. The molecule has 0 unspecified atom stereocenters. The van der Waals surface area contributed by atoms with Crippen LogP contribution in [0.1, 0.15) is 16.2 Å². The van der Waals surface area contributed by atoms with Crippen LogP contribution < -0.4 is 20.3 Å². The van der Waals surface area contributed by atoms with Crippen molar-refractivity contribution < 1.29 is 14.3 Å². The van der Waals surface area contributed by atoms with Crippen molar-refractivity contribution in [3.63, 3.8) is 0 Å². The molecule has 0 saturated carbocycles. The molecule has 0 spiro atoms. The van der Waals surface area contributed by atoms with Gasteiger partial charge in [-0.25, -0.2) is 4.98 Å². The molecule has 0 aliphatic carbocycles. The number of nitrogens with zero attached hydrogens (tertiary/aromatic N) is 2. The van der Waals surface area contributed by atoms with Crippen LogP contribution in [0.3, 0.4) is 0 Å². The number of fused-ring (bicyclic) bond motifs is 1. The lowest BCUT2D eigenvalue weighted by Crippen LogP contribution is -2.22. The number of carbonyl (C=O) groups is 1. The second kappa shape index (κ2) is 8.31. The lowest BCUT2D eigenvalue weighted by molar-refractivity contribution is 0.102. The Morgan fingerprint density at radius 2 is 1.74 bits per heavy atom. The third-order valence-corrected chi connectivity index (χ3v) is 4.95. The van der Waals surface area contributed by atoms with Gasteiger partial charge in [-0.15, -0.1) is 0 Å². The van der Waals surface area contributed by atoms with Crippen molar-refractivity contribution in [2.45, 2.75) is 6.92 Å². The van der Waals surface area contributed by atoms with Crippen molar-refractivity contribution in [3.8, 4) is 17.2 Å². The third-order valence-electron chi connectivity index (χ3n) is 4.95. The van der Waals surface area contributed by atoms with E-state index < -0.39 is 0 Å². The Bertz CT molecular complexity index is 1340. The minimum absolute atomic E-state index is 0.166. The number of aryl methyl sites for hydroxylation is 1. The van der Waals surface area contributed by atoms with Crippen molar-refractivity contribution in [2.75, 3.05) is 19.5 Å². The number of para-hydroxylation sites is 2. The summed E-state index contributed by atoms with van der Waals surface area (Å²) in [5, 5.41) is 3.39. The van der Waals surface area contributed by atoms with Gasteiger partial charge in [-0.3, -0.25) is 14.2 Å². The van der Waals surface area contributed by atoms with Gasteiger partial charge in [0, 0.05) is 5.69 Å². The number of carbonyl (C=O) groups excluding carboxylic acids is 1. The van der Waals surface area contributed by atoms with Crippen LogP contribution in [-0.2, 0) is 0 Å². The molecule has 0 aliphatic rings. The summed E-state index contributed by atoms with van der Waals surface area (Å²) < 4.78 is 12.1. The molecule has 0 aliphatic heterocycles. The number of rotatable bonds is 5. The van der Waals surface area contributed by atoms with Gasteiger partial charge in [0.25, 0.3) is 11.5 Å². The summed E-state index contributed by atoms with van der Waals surface area (Å²) in [5.74, 6) is 1.02. The molecule has 1 N–H and O–H groups in total. The number of benzene rings is 3. The van der Waals surface area contributed by atoms with Crippen molar-refractivity contribution in [1.29, 1.82) is 0 Å². The molecule has 7 heteroatoms. The fourth-order valence-electron chi connectivity index (χ4n) is 3.53. The van der Waals surface area contributed by atoms with Gasteiger partial charge in [-0.1, -0.05) is 24.3 Å². The Kier molecular flexibility index (Phi) is 5.41. The van der Waals surface area contributed by atoms with E-state index in [9.17, 15) is 9.59 Å². The van der Waals surface area contributed by atoms with Crippen LogP contribution in [0.4, 0.5) is 5.69 Å². The van der Waals surface area contributed by atoms with Gasteiger partial charge in [-0.05, 0) is 49.4 Å². The molecular weight excluding hydrogens is 394 g/mol. The number of anilines is 1. The highest BCUT2D eigenvalue weighted by Gasteiger charge is 2.17. The quantitative estimate of drug-likeness (QED) is 0.533. The number of ether oxygens (including phenoxy) is 2. The Balaban J connectivity index is 1.72. The van der Waals surface area contributed by atoms with Crippen LogP contribution in [0, 0.1) is 6.92 Å². The van der Waals surface area contributed by atoms with Gasteiger partial charge in [0.1, 0.15) is 5.82 Å². The van der Waals surface area contributed by atoms with Crippen molar-refractivity contribution in [3.05, 3.63) is 88.5 Å². The highest BCUT2D eigenvalue weighted by molar-refractivity contribution is 6.06. The lowest BCUT2D eigenvalue weighted by Gasteiger charge is -2.14. The molecular formula is C24H21N3O4. The molecule has 4 aromatic rings. The summed E-state index contributed by atoms with van der Waals surface area (Å²) in [5.41, 5.74) is 1.97. The van der Waals surface area contributed by atoms with Gasteiger partial charge in [-0.2, -0.15) is 0 Å². The molecule has 156 valence electrons. The van der Waals surface area contributed by atoms with E-state index in [1.54, 1.807) is 55.5 Å². The fraction of sp³-hybridized carbons (Fsp3) is 0.125. The number of hydrogen-bond donors (Lipinski definition) is 1. The first kappa shape index (κ1) is 20.2. The SMILES string of the molecule is COc1cccc(C(=O)Nc2cccc(-n3c(C)nc4ccccc4c3=O)c2)c1OC. The second-order valence-electron chi connectivity index (χ2n) is 6.86. The van der Waals surface area contributed by atoms with E-state index in [0.717, 1.165) is 0 Å². The molecule has 1 amide bonds. The number of aromatic nitrogens is 2. The maximum absolute atomic E-state index is 13.1. The van der Waals surface area contributed by atoms with Gasteiger partial charge < -0.3 is 14.8 Å². The molecule has 1 heterocycles. The van der Waals surface area contributed by atoms with Gasteiger partial charge >= 0.3 is 0 Å². The number of hydrogen-bond acceptors (Lipinski definition) is 5. The molecule has 0 fully saturated rings. The van der Waals surface area contributed by atoms with E-state index in [0.29, 0.717) is 45.2 Å². The highest BCUT2D eigenvalue weighted by Crippen LogP contribution is 2.31. The third kappa shape index (κ3) is 3.73. The molecule has 0 radical (unpaired) electrons. The van der Waals surface area contributed by atoms with E-state index in [-0.39, 0.29) is 11.5 Å². The predicted molar refractivity (Wildman–Crippen MR) is 120 cm³/mol. The van der Waals surface area contributed by atoms with Crippen LogP contribution in [0.2, 0.25) is 0 Å². The Labute approximate surface area is 178 Å². The summed E-state index contributed by atoms with van der Waals surface area (Å²) in [7, 11) is 3.00. The van der Waals surface area contributed by atoms with E-state index in [4.69, 9.17) is 9.47 Å². The minimum Gasteiger partial charge on any atom is -0.493 e. The number of methoxy groups -OCH3 is 2. The molecule has 31 heavy (non-hydrogen) atoms. The van der Waals surface area contributed by atoms with E-state index in [1.807, 2.05) is 18.2 Å². The van der Waals surface area contributed by atoms with Crippen LogP contribution >= 0.6 is 0 Å². The van der Waals surface area contributed by atoms with E-state index >= 15 is 0 Å². The summed E-state index contributed by atoms with van der Waals surface area (Å²) in [6.45, 7) is 1.78. The summed E-state index contributed by atoms with van der Waals surface area (Å²) in [6, 6.07) is 19.4. The first-order valence-corrected chi connectivity index (χ1v) is 9.64. The van der Waals surface area contributed by atoms with Crippen molar-refractivity contribution in [2.24, 2.45) is 0 Å². The smallest absolute Gasteiger partial charge is 0.265 e. The number of amides is 1. The summed E-state index contributed by atoms with van der Waals surface area (Å²) in [4.78, 5) is 30.5. The molecule has 4 rings (SSSR count). The largest absolute Gasteiger partial charge is 0.493 e. The first-order valence-electron chi connectivity index (χ1n) is 9.64. The minimum atomic E-state index is -0.353. The lowest BCUT2D eigenvalue weighted by atomic mass is 10.1. The standard InChI is InChI=1S/C24H21N3O4/c1-15-25-20-12-5-4-10-18(20)24(29)27(15)17-9-6-8-16(14-17)26-23(28)19-11-7-13-21(30-2)22(19)31-3/h4-14H,1-3H3,(H,26,28). The first-order chi connectivity index (χ1) is 15.0.